The maximum atomic E-state index is 2.58. The molecule has 0 saturated carbocycles. The molecule has 0 spiro atoms. The quantitative estimate of drug-likeness (QED) is 0.115. The average molecular weight is 1050 g/mol. The minimum atomic E-state index is 0.0110. The number of hydrogen-bond acceptors (Lipinski definition) is 0. The van der Waals surface area contributed by atoms with Gasteiger partial charge in [-0.3, -0.25) is 0 Å². The fourth-order valence-electron chi connectivity index (χ4n) is 12.3. The number of fused-ring (bicyclic) bond motifs is 6. The summed E-state index contributed by atoms with van der Waals surface area (Å²) >= 11 is 0. The van der Waals surface area contributed by atoms with Gasteiger partial charge >= 0.3 is 0 Å². The van der Waals surface area contributed by atoms with Crippen molar-refractivity contribution in [2.24, 2.45) is 0 Å². The predicted molar refractivity (Wildman–Crippen MR) is 349 cm³/mol. The highest BCUT2D eigenvalue weighted by Crippen LogP contribution is 2.48. The molecule has 0 aliphatic carbocycles. The van der Waals surface area contributed by atoms with E-state index in [9.17, 15) is 0 Å². The molecule has 2 aromatic heterocycles. The number of nitrogens with zero attached hydrogens (tertiary/aromatic N) is 2. The van der Waals surface area contributed by atoms with E-state index in [1.807, 2.05) is 0 Å². The third kappa shape index (κ3) is 10.3. The van der Waals surface area contributed by atoms with Crippen molar-refractivity contribution in [3.8, 4) is 55.9 Å². The maximum Gasteiger partial charge on any atom is 0.0547 e. The molecule has 2 heterocycles. The van der Waals surface area contributed by atoms with Gasteiger partial charge in [0.25, 0.3) is 0 Å². The molecule has 80 heavy (non-hydrogen) atoms. The Labute approximate surface area is 478 Å². The summed E-state index contributed by atoms with van der Waals surface area (Å²) in [6.45, 7) is 32.4. The number of rotatable bonds is 12. The van der Waals surface area contributed by atoms with Crippen LogP contribution in [-0.4, -0.2) is 9.13 Å². The molecule has 0 saturated heterocycles. The molecule has 2 heteroatoms. The van der Waals surface area contributed by atoms with Gasteiger partial charge in [0.2, 0.25) is 0 Å². The number of unbranched alkanes of at least 4 members (excludes halogenated alkanes) is 2. The topological polar surface area (TPSA) is 9.86 Å². The smallest absolute Gasteiger partial charge is 0.0547 e. The highest BCUT2D eigenvalue weighted by molar-refractivity contribution is 6.13. The van der Waals surface area contributed by atoms with Gasteiger partial charge in [0, 0.05) is 32.9 Å². The first-order valence-corrected chi connectivity index (χ1v) is 29.9. The van der Waals surface area contributed by atoms with Crippen molar-refractivity contribution < 1.29 is 0 Å². The summed E-state index contributed by atoms with van der Waals surface area (Å²) in [7, 11) is 0. The van der Waals surface area contributed by atoms with Crippen LogP contribution >= 0.6 is 0 Å². The van der Waals surface area contributed by atoms with Crippen LogP contribution in [0.5, 0.6) is 0 Å². The van der Waals surface area contributed by atoms with Crippen LogP contribution in [0.25, 0.3) is 99.5 Å². The summed E-state index contributed by atoms with van der Waals surface area (Å²) in [4.78, 5) is 0. The van der Waals surface area contributed by atoms with Crippen LogP contribution in [-0.2, 0) is 34.5 Å². The third-order valence-corrected chi connectivity index (χ3v) is 17.2. The van der Waals surface area contributed by atoms with Crippen molar-refractivity contribution >= 4 is 43.6 Å². The number of aromatic nitrogens is 2. The van der Waals surface area contributed by atoms with Crippen LogP contribution in [0.15, 0.2) is 182 Å². The molecule has 0 amide bonds. The van der Waals surface area contributed by atoms with Crippen molar-refractivity contribution in [1.29, 1.82) is 0 Å². The Bertz CT molecular complexity index is 3820. The highest BCUT2D eigenvalue weighted by Gasteiger charge is 2.25. The van der Waals surface area contributed by atoms with E-state index in [-0.39, 0.29) is 21.7 Å². The standard InChI is InChI=1S/C78H84N2/c1-15-17-23-51-25-19-21-27-61(51)67-49-66(54-30-42-64-70-48-58(78(12,13)14)36-44-72(70)80(74(64)46-54)60-39-33-56(34-40-60)76(6,7)8)68(62-28-22-20-26-52(62)24-18-16-2)50-65(67)53-29-41-63-69-47-57(77(9,10)11)35-43-71(69)79(73(63)45-53)59-37-31-55(32-38-59)75(3,4)5/h19-22,25-50H,15-18,23-24H2,1-14H3. The largest absolute Gasteiger partial charge is 0.309 e. The molecular formula is C78H84N2. The molecule has 9 aromatic carbocycles. The molecule has 2 nitrogen and oxygen atoms in total. The van der Waals surface area contributed by atoms with Crippen LogP contribution in [0.3, 0.4) is 0 Å². The summed E-state index contributed by atoms with van der Waals surface area (Å²) < 4.78 is 5.04. The van der Waals surface area contributed by atoms with Gasteiger partial charge in [-0.25, -0.2) is 0 Å². The normalized spacial score (nSPS) is 12.7. The summed E-state index contributed by atoms with van der Waals surface area (Å²) in [5.41, 5.74) is 25.6. The predicted octanol–water partition coefficient (Wildman–Crippen LogP) is 22.4. The van der Waals surface area contributed by atoms with Crippen LogP contribution in [0.2, 0.25) is 0 Å². The van der Waals surface area contributed by atoms with Gasteiger partial charge in [-0.05, 0) is 198 Å². The third-order valence-electron chi connectivity index (χ3n) is 17.2. The van der Waals surface area contributed by atoms with E-state index in [0.29, 0.717) is 0 Å². The Morgan fingerprint density at radius 2 is 0.637 bits per heavy atom. The second-order valence-corrected chi connectivity index (χ2v) is 27.2. The second kappa shape index (κ2) is 20.9. The molecule has 0 bridgehead atoms. The van der Waals surface area contributed by atoms with E-state index in [1.54, 1.807) is 0 Å². The molecule has 0 unspecified atom stereocenters. The summed E-state index contributed by atoms with van der Waals surface area (Å²) in [6.07, 6.45) is 6.58. The van der Waals surface area contributed by atoms with E-state index in [1.165, 1.54) is 133 Å². The second-order valence-electron chi connectivity index (χ2n) is 27.2. The summed E-state index contributed by atoms with van der Waals surface area (Å²) in [6, 6.07) is 71.3. The van der Waals surface area contributed by atoms with Gasteiger partial charge in [-0.1, -0.05) is 219 Å². The molecule has 0 aliphatic rings. The van der Waals surface area contributed by atoms with Crippen molar-refractivity contribution in [3.63, 3.8) is 0 Å². The molecule has 11 aromatic rings. The summed E-state index contributed by atoms with van der Waals surface area (Å²) in [5.74, 6) is 0. The Morgan fingerprint density at radius 3 is 0.988 bits per heavy atom. The average Bonchev–Trinajstić information content (AvgIpc) is 4.17. The van der Waals surface area contributed by atoms with E-state index < -0.39 is 0 Å². The van der Waals surface area contributed by atoms with Gasteiger partial charge in [-0.15, -0.1) is 0 Å². The lowest BCUT2D eigenvalue weighted by Gasteiger charge is -2.22. The number of benzene rings is 9. The van der Waals surface area contributed by atoms with E-state index in [0.717, 1.165) is 38.5 Å². The lowest BCUT2D eigenvalue weighted by atomic mass is 9.82. The van der Waals surface area contributed by atoms with Crippen LogP contribution < -0.4 is 0 Å². The minimum Gasteiger partial charge on any atom is -0.309 e. The van der Waals surface area contributed by atoms with Crippen LogP contribution in [0, 0.1) is 0 Å². The van der Waals surface area contributed by atoms with Gasteiger partial charge in [0.15, 0.2) is 0 Å². The van der Waals surface area contributed by atoms with E-state index in [4.69, 9.17) is 0 Å². The molecule has 0 aliphatic heterocycles. The van der Waals surface area contributed by atoms with E-state index in [2.05, 4.69) is 288 Å². The van der Waals surface area contributed by atoms with Gasteiger partial charge in [-0.2, -0.15) is 0 Å². The molecule has 0 radical (unpaired) electrons. The maximum absolute atomic E-state index is 2.58. The molecular weight excluding hydrogens is 965 g/mol. The van der Waals surface area contributed by atoms with Crippen molar-refractivity contribution in [3.05, 3.63) is 215 Å². The van der Waals surface area contributed by atoms with E-state index >= 15 is 0 Å². The molecule has 0 N–H and O–H groups in total. The minimum absolute atomic E-state index is 0.0110. The monoisotopic (exact) mass is 1050 g/mol. The van der Waals surface area contributed by atoms with Gasteiger partial charge in [0.1, 0.15) is 0 Å². The SMILES string of the molecule is CCCCc1ccccc1-c1cc(-c2ccc3c4cc(C(C)(C)C)ccc4n(-c4ccc(C(C)(C)C)cc4)c3c2)c(-c2ccccc2CCCC)cc1-c1ccc2c3cc(C(C)(C)C)ccc3n(-c3ccc(C(C)(C)C)cc3)c2c1. The molecule has 406 valence electrons. The first kappa shape index (κ1) is 54.5. The Morgan fingerprint density at radius 1 is 0.287 bits per heavy atom. The fraction of sp³-hybridized carbons (Fsp3) is 0.308. The van der Waals surface area contributed by atoms with Crippen molar-refractivity contribution in [2.75, 3.05) is 0 Å². The number of hydrogen-bond donors (Lipinski definition) is 0. The molecule has 0 atom stereocenters. The Hall–Kier alpha value is -7.42. The zero-order chi connectivity index (χ0) is 56.5. The molecule has 11 rings (SSSR count). The summed E-state index contributed by atoms with van der Waals surface area (Å²) in [5, 5.41) is 5.12. The first-order chi connectivity index (χ1) is 38.1. The van der Waals surface area contributed by atoms with Crippen molar-refractivity contribution in [1.82, 2.24) is 9.13 Å². The lowest BCUT2D eigenvalue weighted by molar-refractivity contribution is 0.590. The Kier molecular flexibility index (Phi) is 14.3. The fourth-order valence-corrected chi connectivity index (χ4v) is 12.3. The van der Waals surface area contributed by atoms with Crippen LogP contribution in [0.1, 0.15) is 156 Å². The zero-order valence-corrected chi connectivity index (χ0v) is 50.5. The Balaban J connectivity index is 1.23. The van der Waals surface area contributed by atoms with Crippen LogP contribution in [0.4, 0.5) is 0 Å². The van der Waals surface area contributed by atoms with Gasteiger partial charge < -0.3 is 9.13 Å². The lowest BCUT2D eigenvalue weighted by Crippen LogP contribution is -2.11. The number of aryl methyl sites for hydroxylation is 2. The first-order valence-electron chi connectivity index (χ1n) is 29.9. The zero-order valence-electron chi connectivity index (χ0n) is 50.5. The van der Waals surface area contributed by atoms with Gasteiger partial charge in [0.05, 0.1) is 22.1 Å². The highest BCUT2D eigenvalue weighted by atomic mass is 15.0. The molecule has 0 fully saturated rings. The van der Waals surface area contributed by atoms with Crippen molar-refractivity contribution in [2.45, 2.75) is 157 Å².